The molecule has 1 aromatic carbocycles. The van der Waals surface area contributed by atoms with Crippen molar-refractivity contribution < 1.29 is 14.6 Å². The van der Waals surface area contributed by atoms with E-state index in [1.165, 1.54) is 5.56 Å². The Hall–Kier alpha value is -1.10. The molecule has 116 valence electrons. The fraction of sp³-hybridized carbons (Fsp3) is 0.647. The monoisotopic (exact) mass is 291 g/mol. The van der Waals surface area contributed by atoms with Crippen LogP contribution in [0.15, 0.2) is 24.3 Å². The molecule has 1 aliphatic heterocycles. The number of hydrogen-bond donors (Lipinski definition) is 1. The van der Waals surface area contributed by atoms with E-state index in [0.29, 0.717) is 12.0 Å². The Kier molecular flexibility index (Phi) is 4.78. The summed E-state index contributed by atoms with van der Waals surface area (Å²) in [6.07, 6.45) is 3.03. The fourth-order valence-corrected chi connectivity index (χ4v) is 3.67. The smallest absolute Gasteiger partial charge is 0.119 e. The molecule has 1 aromatic rings. The zero-order valence-electron chi connectivity index (χ0n) is 12.7. The predicted molar refractivity (Wildman–Crippen MR) is 81.4 cm³/mol. The van der Waals surface area contributed by atoms with Crippen molar-refractivity contribution in [2.45, 2.75) is 38.0 Å². The van der Waals surface area contributed by atoms with Crippen LogP contribution in [-0.4, -0.2) is 49.0 Å². The zero-order chi connectivity index (χ0) is 14.7. The molecule has 0 spiro atoms. The first-order valence-corrected chi connectivity index (χ1v) is 7.90. The van der Waals surface area contributed by atoms with Crippen LogP contribution in [0.25, 0.3) is 0 Å². The summed E-state index contributed by atoms with van der Waals surface area (Å²) in [4.78, 5) is 2.47. The number of aliphatic hydroxyl groups excluding tert-OH is 1. The first-order chi connectivity index (χ1) is 10.3. The molecule has 0 amide bonds. The number of morpholine rings is 1. The van der Waals surface area contributed by atoms with Gasteiger partial charge in [-0.25, -0.2) is 0 Å². The minimum absolute atomic E-state index is 0.162. The van der Waals surface area contributed by atoms with Crippen LogP contribution in [0, 0.1) is 5.92 Å². The second-order valence-electron chi connectivity index (χ2n) is 6.13. The lowest BCUT2D eigenvalue weighted by Crippen LogP contribution is -2.50. The molecule has 4 nitrogen and oxygen atoms in total. The first-order valence-electron chi connectivity index (χ1n) is 7.90. The highest BCUT2D eigenvalue weighted by Gasteiger charge is 2.37. The third kappa shape index (κ3) is 3.39. The molecule has 0 unspecified atom stereocenters. The van der Waals surface area contributed by atoms with Crippen LogP contribution in [-0.2, 0) is 11.3 Å². The molecule has 0 bridgehead atoms. The van der Waals surface area contributed by atoms with Gasteiger partial charge >= 0.3 is 0 Å². The maximum absolute atomic E-state index is 10.2. The van der Waals surface area contributed by atoms with Gasteiger partial charge in [0, 0.05) is 25.0 Å². The summed E-state index contributed by atoms with van der Waals surface area (Å²) in [6.45, 7) is 3.36. The second kappa shape index (κ2) is 6.77. The Balaban J connectivity index is 1.71. The highest BCUT2D eigenvalue weighted by Crippen LogP contribution is 2.33. The average Bonchev–Trinajstić information content (AvgIpc) is 2.94. The molecular formula is C17H25NO3. The molecule has 3 rings (SSSR count). The van der Waals surface area contributed by atoms with E-state index in [0.717, 1.165) is 51.3 Å². The third-order valence-corrected chi connectivity index (χ3v) is 4.83. The summed E-state index contributed by atoms with van der Waals surface area (Å²) in [5, 5.41) is 10.2. The van der Waals surface area contributed by atoms with Crippen molar-refractivity contribution in [3.8, 4) is 5.75 Å². The quantitative estimate of drug-likeness (QED) is 0.922. The molecule has 2 aliphatic rings. The number of nitrogens with zero attached hydrogens (tertiary/aromatic N) is 1. The normalized spacial score (nSPS) is 30.5. The van der Waals surface area contributed by atoms with E-state index in [4.69, 9.17) is 9.47 Å². The molecule has 0 radical (unpaired) electrons. The van der Waals surface area contributed by atoms with Crippen LogP contribution < -0.4 is 4.74 Å². The van der Waals surface area contributed by atoms with Crippen molar-refractivity contribution in [2.24, 2.45) is 5.92 Å². The minimum atomic E-state index is -0.162. The van der Waals surface area contributed by atoms with Gasteiger partial charge in [-0.05, 0) is 30.5 Å². The van der Waals surface area contributed by atoms with Gasteiger partial charge < -0.3 is 14.6 Å². The van der Waals surface area contributed by atoms with E-state index in [9.17, 15) is 5.11 Å². The standard InChI is InChI=1S/C17H25NO3/c1-20-14-5-2-4-13(10-14)11-18-8-9-21-12-16(18)15-6-3-7-17(15)19/h2,4-5,10,15-17,19H,3,6-9,11-12H2,1H3/t15-,16-,17-/m1/s1. The maximum atomic E-state index is 10.2. The minimum Gasteiger partial charge on any atom is -0.497 e. The zero-order valence-corrected chi connectivity index (χ0v) is 12.7. The van der Waals surface area contributed by atoms with Crippen molar-refractivity contribution in [1.29, 1.82) is 0 Å². The largest absolute Gasteiger partial charge is 0.497 e. The van der Waals surface area contributed by atoms with Gasteiger partial charge in [0.15, 0.2) is 0 Å². The Morgan fingerprint density at radius 1 is 1.38 bits per heavy atom. The summed E-state index contributed by atoms with van der Waals surface area (Å²) >= 11 is 0. The van der Waals surface area contributed by atoms with Gasteiger partial charge in [0.1, 0.15) is 5.75 Å². The molecule has 1 saturated carbocycles. The van der Waals surface area contributed by atoms with Crippen LogP contribution in [0.1, 0.15) is 24.8 Å². The Morgan fingerprint density at radius 2 is 2.29 bits per heavy atom. The number of hydrogen-bond acceptors (Lipinski definition) is 4. The van der Waals surface area contributed by atoms with Crippen molar-refractivity contribution in [3.63, 3.8) is 0 Å². The van der Waals surface area contributed by atoms with Crippen LogP contribution in [0.4, 0.5) is 0 Å². The van der Waals surface area contributed by atoms with E-state index in [2.05, 4.69) is 17.0 Å². The number of ether oxygens (including phenoxy) is 2. The van der Waals surface area contributed by atoms with Gasteiger partial charge in [0.05, 0.1) is 26.4 Å². The molecule has 3 atom stereocenters. The van der Waals surface area contributed by atoms with Crippen molar-refractivity contribution in [1.82, 2.24) is 4.90 Å². The molecular weight excluding hydrogens is 266 g/mol. The number of aliphatic hydroxyl groups is 1. The maximum Gasteiger partial charge on any atom is 0.119 e. The molecule has 0 aromatic heterocycles. The van der Waals surface area contributed by atoms with Gasteiger partial charge in [0.25, 0.3) is 0 Å². The summed E-state index contributed by atoms with van der Waals surface area (Å²) in [7, 11) is 1.70. The van der Waals surface area contributed by atoms with E-state index in [-0.39, 0.29) is 6.10 Å². The van der Waals surface area contributed by atoms with Gasteiger partial charge in [-0.3, -0.25) is 4.90 Å². The Labute approximate surface area is 126 Å². The van der Waals surface area contributed by atoms with E-state index < -0.39 is 0 Å². The summed E-state index contributed by atoms with van der Waals surface area (Å²) in [6, 6.07) is 8.58. The molecule has 1 saturated heterocycles. The molecule has 2 fully saturated rings. The summed E-state index contributed by atoms with van der Waals surface area (Å²) < 4.78 is 11.0. The van der Waals surface area contributed by atoms with Gasteiger partial charge in [-0.15, -0.1) is 0 Å². The highest BCUT2D eigenvalue weighted by molar-refractivity contribution is 5.28. The molecule has 1 heterocycles. The Morgan fingerprint density at radius 3 is 3.05 bits per heavy atom. The molecule has 1 aliphatic carbocycles. The number of benzene rings is 1. The van der Waals surface area contributed by atoms with Crippen molar-refractivity contribution >= 4 is 0 Å². The second-order valence-corrected chi connectivity index (χ2v) is 6.13. The fourth-order valence-electron chi connectivity index (χ4n) is 3.67. The lowest BCUT2D eigenvalue weighted by Gasteiger charge is -2.40. The van der Waals surface area contributed by atoms with Crippen LogP contribution in [0.5, 0.6) is 5.75 Å². The van der Waals surface area contributed by atoms with Gasteiger partial charge in [0.2, 0.25) is 0 Å². The highest BCUT2D eigenvalue weighted by atomic mass is 16.5. The third-order valence-electron chi connectivity index (χ3n) is 4.83. The number of methoxy groups -OCH3 is 1. The predicted octanol–water partition coefficient (Wildman–Crippen LogP) is 2.06. The van der Waals surface area contributed by atoms with Gasteiger partial charge in [-0.2, -0.15) is 0 Å². The van der Waals surface area contributed by atoms with Crippen LogP contribution in [0.3, 0.4) is 0 Å². The SMILES string of the molecule is COc1cccc(CN2CCOC[C@@H]2[C@H]2CCC[C@H]2O)c1. The van der Waals surface area contributed by atoms with Gasteiger partial charge in [-0.1, -0.05) is 18.6 Å². The molecule has 21 heavy (non-hydrogen) atoms. The van der Waals surface area contributed by atoms with Crippen LogP contribution >= 0.6 is 0 Å². The Bertz CT molecular complexity index is 465. The molecule has 1 N–H and O–H groups in total. The summed E-state index contributed by atoms with van der Waals surface area (Å²) in [5.41, 5.74) is 1.26. The van der Waals surface area contributed by atoms with E-state index in [1.807, 2.05) is 12.1 Å². The van der Waals surface area contributed by atoms with Crippen LogP contribution in [0.2, 0.25) is 0 Å². The van der Waals surface area contributed by atoms with Crippen molar-refractivity contribution in [3.05, 3.63) is 29.8 Å². The van der Waals surface area contributed by atoms with E-state index in [1.54, 1.807) is 7.11 Å². The topological polar surface area (TPSA) is 41.9 Å². The lowest BCUT2D eigenvalue weighted by molar-refractivity contribution is -0.0536. The number of rotatable bonds is 4. The first kappa shape index (κ1) is 14.8. The summed E-state index contributed by atoms with van der Waals surface area (Å²) in [5.74, 6) is 1.26. The lowest BCUT2D eigenvalue weighted by atomic mass is 9.94. The molecule has 4 heteroatoms. The van der Waals surface area contributed by atoms with Crippen molar-refractivity contribution in [2.75, 3.05) is 26.9 Å². The van der Waals surface area contributed by atoms with E-state index >= 15 is 0 Å². The average molecular weight is 291 g/mol.